The van der Waals surface area contributed by atoms with Crippen LogP contribution >= 0.6 is 0 Å². The fraction of sp³-hybridized carbons (Fsp3) is 0.364. The van der Waals surface area contributed by atoms with Gasteiger partial charge in [-0.05, 0) is 38.1 Å². The van der Waals surface area contributed by atoms with Gasteiger partial charge < -0.3 is 10.2 Å². The molecule has 0 atom stereocenters. The normalized spacial score (nSPS) is 16.9. The fourth-order valence-electron chi connectivity index (χ4n) is 4.32. The minimum Gasteiger partial charge on any atom is -0.323 e. The van der Waals surface area contributed by atoms with Crippen molar-refractivity contribution in [2.24, 2.45) is 0 Å². The van der Waals surface area contributed by atoms with E-state index in [0.717, 1.165) is 42.7 Å². The van der Waals surface area contributed by atoms with E-state index in [9.17, 15) is 9.59 Å². The number of hydrogen-bond acceptors (Lipinski definition) is 7. The predicted molar refractivity (Wildman–Crippen MR) is 120 cm³/mol. The number of pyridine rings is 2. The van der Waals surface area contributed by atoms with E-state index in [-0.39, 0.29) is 23.9 Å². The van der Waals surface area contributed by atoms with Crippen LogP contribution in [-0.2, 0) is 11.3 Å². The highest BCUT2D eigenvalue weighted by Crippen LogP contribution is 2.37. The standard InChI is InChI=1S/C22H24N8O2/c1-13(31)27-21-25-9-14(10-26-21)17-3-4-18-19(28-17)20-15(11-24-18)12-29(2)22(32)30(20)16-5-7-23-8-6-16/h3-4,9-11,16,23H,5-8,12H2,1-2H3,(H,25,26,27,31). The van der Waals surface area contributed by atoms with Gasteiger partial charge in [-0.1, -0.05) is 0 Å². The zero-order valence-corrected chi connectivity index (χ0v) is 18.0. The summed E-state index contributed by atoms with van der Waals surface area (Å²) >= 11 is 0. The Bertz CT molecular complexity index is 1190. The third-order valence-electron chi connectivity index (χ3n) is 5.85. The van der Waals surface area contributed by atoms with Crippen LogP contribution in [0.5, 0.6) is 0 Å². The summed E-state index contributed by atoms with van der Waals surface area (Å²) in [7, 11) is 1.82. The zero-order valence-electron chi connectivity index (χ0n) is 18.0. The van der Waals surface area contributed by atoms with Gasteiger partial charge in [-0.2, -0.15) is 0 Å². The Labute approximate surface area is 185 Å². The summed E-state index contributed by atoms with van der Waals surface area (Å²) in [5.41, 5.74) is 4.66. The Kier molecular flexibility index (Phi) is 5.14. The van der Waals surface area contributed by atoms with Crippen molar-refractivity contribution in [1.82, 2.24) is 30.2 Å². The molecular weight excluding hydrogens is 408 g/mol. The molecule has 3 amide bonds. The minimum absolute atomic E-state index is 0.00732. The van der Waals surface area contributed by atoms with E-state index in [1.807, 2.05) is 30.3 Å². The lowest BCUT2D eigenvalue weighted by Crippen LogP contribution is -2.53. The quantitative estimate of drug-likeness (QED) is 0.651. The highest BCUT2D eigenvalue weighted by atomic mass is 16.2. The molecule has 164 valence electrons. The Hall–Kier alpha value is -3.66. The van der Waals surface area contributed by atoms with E-state index in [2.05, 4.69) is 25.6 Å². The molecule has 3 aromatic heterocycles. The lowest BCUT2D eigenvalue weighted by molar-refractivity contribution is -0.114. The maximum Gasteiger partial charge on any atom is 0.324 e. The number of amides is 3. The van der Waals surface area contributed by atoms with Crippen LogP contribution < -0.4 is 15.5 Å². The van der Waals surface area contributed by atoms with Gasteiger partial charge in [-0.15, -0.1) is 0 Å². The van der Waals surface area contributed by atoms with Crippen molar-refractivity contribution < 1.29 is 9.59 Å². The van der Waals surface area contributed by atoms with E-state index in [1.165, 1.54) is 6.92 Å². The molecule has 1 fully saturated rings. The molecule has 0 saturated carbocycles. The first kappa shape index (κ1) is 20.3. The van der Waals surface area contributed by atoms with Gasteiger partial charge in [0.15, 0.2) is 0 Å². The highest BCUT2D eigenvalue weighted by molar-refractivity contribution is 6.04. The minimum atomic E-state index is -0.230. The number of rotatable bonds is 3. The SMILES string of the molecule is CC(=O)Nc1ncc(-c2ccc3ncc4c(c3n2)N(C2CCNCC2)C(=O)N(C)C4)cn1. The number of hydrogen-bond donors (Lipinski definition) is 2. The Balaban J connectivity index is 1.61. The molecule has 2 N–H and O–H groups in total. The van der Waals surface area contributed by atoms with Gasteiger partial charge >= 0.3 is 6.03 Å². The molecule has 32 heavy (non-hydrogen) atoms. The number of aromatic nitrogens is 4. The van der Waals surface area contributed by atoms with Crippen molar-refractivity contribution in [1.29, 1.82) is 0 Å². The lowest BCUT2D eigenvalue weighted by Gasteiger charge is -2.41. The van der Waals surface area contributed by atoms with Crippen molar-refractivity contribution in [3.8, 4) is 11.3 Å². The molecule has 2 aliphatic rings. The monoisotopic (exact) mass is 432 g/mol. The topological polar surface area (TPSA) is 116 Å². The number of piperidine rings is 1. The van der Waals surface area contributed by atoms with Crippen molar-refractivity contribution in [3.63, 3.8) is 0 Å². The molecule has 0 bridgehead atoms. The van der Waals surface area contributed by atoms with Crippen LogP contribution in [-0.4, -0.2) is 63.0 Å². The molecule has 0 spiro atoms. The molecule has 0 unspecified atom stereocenters. The molecule has 0 radical (unpaired) electrons. The maximum atomic E-state index is 13.2. The van der Waals surface area contributed by atoms with Crippen LogP contribution in [0.1, 0.15) is 25.3 Å². The lowest BCUT2D eigenvalue weighted by atomic mass is 10.0. The third-order valence-corrected chi connectivity index (χ3v) is 5.85. The summed E-state index contributed by atoms with van der Waals surface area (Å²) in [6.45, 7) is 3.67. The smallest absolute Gasteiger partial charge is 0.323 e. The average molecular weight is 432 g/mol. The average Bonchev–Trinajstić information content (AvgIpc) is 2.80. The molecule has 10 heteroatoms. The van der Waals surface area contributed by atoms with Crippen LogP contribution in [0.25, 0.3) is 22.3 Å². The van der Waals surface area contributed by atoms with Crippen LogP contribution in [0.4, 0.5) is 16.4 Å². The number of nitrogens with one attached hydrogen (secondary N) is 2. The first-order valence-corrected chi connectivity index (χ1v) is 10.6. The molecular formula is C22H24N8O2. The third kappa shape index (κ3) is 3.62. The van der Waals surface area contributed by atoms with E-state index in [0.29, 0.717) is 23.3 Å². The molecule has 0 aliphatic carbocycles. The second-order valence-corrected chi connectivity index (χ2v) is 8.16. The summed E-state index contributed by atoms with van der Waals surface area (Å²) in [5.74, 6) is 0.0127. The summed E-state index contributed by atoms with van der Waals surface area (Å²) in [5, 5.41) is 5.93. The summed E-state index contributed by atoms with van der Waals surface area (Å²) in [6.07, 6.45) is 6.88. The van der Waals surface area contributed by atoms with Crippen LogP contribution in [0.2, 0.25) is 0 Å². The predicted octanol–water partition coefficient (Wildman–Crippen LogP) is 2.17. The Morgan fingerprint density at radius 1 is 1.12 bits per heavy atom. The summed E-state index contributed by atoms with van der Waals surface area (Å²) < 4.78 is 0. The maximum absolute atomic E-state index is 13.2. The molecule has 5 heterocycles. The second kappa shape index (κ2) is 8.12. The number of anilines is 2. The van der Waals surface area contributed by atoms with Gasteiger partial charge in [-0.25, -0.2) is 19.7 Å². The Morgan fingerprint density at radius 2 is 1.88 bits per heavy atom. The van der Waals surface area contributed by atoms with Gasteiger partial charge in [0.25, 0.3) is 0 Å². The first-order valence-electron chi connectivity index (χ1n) is 10.6. The van der Waals surface area contributed by atoms with E-state index in [1.54, 1.807) is 17.3 Å². The summed E-state index contributed by atoms with van der Waals surface area (Å²) in [4.78, 5) is 46.0. The Morgan fingerprint density at radius 3 is 2.59 bits per heavy atom. The van der Waals surface area contributed by atoms with E-state index in [4.69, 9.17) is 4.98 Å². The molecule has 1 saturated heterocycles. The van der Waals surface area contributed by atoms with Gasteiger partial charge in [0.05, 0.1) is 23.4 Å². The number of fused-ring (bicyclic) bond motifs is 3. The van der Waals surface area contributed by atoms with E-state index < -0.39 is 0 Å². The fourth-order valence-corrected chi connectivity index (χ4v) is 4.32. The second-order valence-electron chi connectivity index (χ2n) is 8.16. The van der Waals surface area contributed by atoms with Gasteiger partial charge in [-0.3, -0.25) is 20.0 Å². The van der Waals surface area contributed by atoms with Gasteiger partial charge in [0, 0.05) is 49.7 Å². The van der Waals surface area contributed by atoms with Crippen LogP contribution in [0.15, 0.2) is 30.7 Å². The van der Waals surface area contributed by atoms with Crippen LogP contribution in [0.3, 0.4) is 0 Å². The molecule has 5 rings (SSSR count). The number of nitrogens with zero attached hydrogens (tertiary/aromatic N) is 6. The number of carbonyl (C=O) groups excluding carboxylic acids is 2. The van der Waals surface area contributed by atoms with Crippen molar-refractivity contribution >= 4 is 34.6 Å². The highest BCUT2D eigenvalue weighted by Gasteiger charge is 2.36. The first-order chi connectivity index (χ1) is 15.5. The number of urea groups is 1. The van der Waals surface area contributed by atoms with Crippen molar-refractivity contribution in [3.05, 3.63) is 36.3 Å². The zero-order chi connectivity index (χ0) is 22.2. The molecule has 2 aliphatic heterocycles. The molecule has 0 aromatic carbocycles. The summed E-state index contributed by atoms with van der Waals surface area (Å²) in [6, 6.07) is 3.88. The van der Waals surface area contributed by atoms with Crippen LogP contribution in [0, 0.1) is 0 Å². The largest absolute Gasteiger partial charge is 0.324 e. The molecule has 10 nitrogen and oxygen atoms in total. The van der Waals surface area contributed by atoms with Gasteiger partial charge in [0.1, 0.15) is 5.52 Å². The van der Waals surface area contributed by atoms with E-state index >= 15 is 0 Å². The van der Waals surface area contributed by atoms with Crippen molar-refractivity contribution in [2.75, 3.05) is 30.4 Å². The van der Waals surface area contributed by atoms with Crippen molar-refractivity contribution in [2.45, 2.75) is 32.4 Å². The number of carbonyl (C=O) groups is 2. The van der Waals surface area contributed by atoms with Gasteiger partial charge in [0.2, 0.25) is 11.9 Å². The molecule has 3 aromatic rings.